The Labute approximate surface area is 201 Å². The van der Waals surface area contributed by atoms with Crippen molar-refractivity contribution < 1.29 is 28.5 Å². The minimum Gasteiger partial charge on any atom is -0.494 e. The normalized spacial score (nSPS) is 12.8. The summed E-state index contributed by atoms with van der Waals surface area (Å²) in [5.41, 5.74) is 1.28. The van der Waals surface area contributed by atoms with Gasteiger partial charge in [-0.1, -0.05) is 31.1 Å². The molecule has 34 heavy (non-hydrogen) atoms. The predicted molar refractivity (Wildman–Crippen MR) is 129 cm³/mol. The molecule has 3 aromatic rings. The molecule has 0 saturated carbocycles. The lowest BCUT2D eigenvalue weighted by Crippen LogP contribution is -2.19. The van der Waals surface area contributed by atoms with Crippen LogP contribution in [-0.2, 0) is 16.1 Å². The third-order valence-electron chi connectivity index (χ3n) is 5.34. The first kappa shape index (κ1) is 23.8. The number of fused-ring (bicyclic) bond motifs is 2. The fourth-order valence-electron chi connectivity index (χ4n) is 3.58. The van der Waals surface area contributed by atoms with Gasteiger partial charge in [0, 0.05) is 24.2 Å². The van der Waals surface area contributed by atoms with Crippen LogP contribution in [0.1, 0.15) is 49.9 Å². The van der Waals surface area contributed by atoms with Crippen LogP contribution >= 0.6 is 11.3 Å². The summed E-state index contributed by atoms with van der Waals surface area (Å²) < 4.78 is 24.5. The molecule has 0 fully saturated rings. The van der Waals surface area contributed by atoms with Crippen LogP contribution in [0.15, 0.2) is 41.4 Å². The topological polar surface area (TPSA) is 88.4 Å². The highest BCUT2D eigenvalue weighted by atomic mass is 32.1. The second kappa shape index (κ2) is 11.2. The second-order valence-corrected chi connectivity index (χ2v) is 8.77. The molecule has 0 N–H and O–H groups in total. The highest BCUT2D eigenvalue weighted by molar-refractivity contribution is 7.16. The summed E-state index contributed by atoms with van der Waals surface area (Å²) in [6, 6.07) is 10.7. The van der Waals surface area contributed by atoms with Gasteiger partial charge in [0.05, 0.1) is 29.9 Å². The quantitative estimate of drug-likeness (QED) is 0.306. The van der Waals surface area contributed by atoms with Gasteiger partial charge in [0.15, 0.2) is 16.3 Å². The number of ether oxygens (including phenoxy) is 4. The van der Waals surface area contributed by atoms with Gasteiger partial charge in [-0.2, -0.15) is 4.99 Å². The van der Waals surface area contributed by atoms with Crippen LogP contribution in [0, 0.1) is 0 Å². The van der Waals surface area contributed by atoms with Gasteiger partial charge in [-0.15, -0.1) is 0 Å². The van der Waals surface area contributed by atoms with Gasteiger partial charge in [-0.3, -0.25) is 9.59 Å². The van der Waals surface area contributed by atoms with Crippen molar-refractivity contribution in [1.29, 1.82) is 0 Å². The predicted octanol–water partition coefficient (Wildman–Crippen LogP) is 4.69. The largest absolute Gasteiger partial charge is 0.494 e. The number of carbonyl (C=O) groups is 2. The van der Waals surface area contributed by atoms with Gasteiger partial charge in [0.1, 0.15) is 5.75 Å². The maximum atomic E-state index is 12.9. The Balaban J connectivity index is 1.60. The number of hydrogen-bond donors (Lipinski definition) is 0. The van der Waals surface area contributed by atoms with Gasteiger partial charge in [0.2, 0.25) is 6.79 Å². The molecule has 0 unspecified atom stereocenters. The number of carbonyl (C=O) groups excluding carboxylic acids is 2. The molecule has 1 aliphatic rings. The molecular formula is C25H28N2O6S. The van der Waals surface area contributed by atoms with Crippen molar-refractivity contribution in [2.24, 2.45) is 4.99 Å². The Morgan fingerprint density at radius 3 is 2.59 bits per heavy atom. The van der Waals surface area contributed by atoms with E-state index in [1.54, 1.807) is 31.2 Å². The number of aryl methyl sites for hydroxylation is 1. The molecule has 2 heterocycles. The van der Waals surface area contributed by atoms with E-state index < -0.39 is 0 Å². The smallest absolute Gasteiger partial charge is 0.307 e. The number of esters is 1. The lowest BCUT2D eigenvalue weighted by Gasteiger charge is -2.06. The van der Waals surface area contributed by atoms with Crippen LogP contribution < -0.4 is 19.0 Å². The summed E-state index contributed by atoms with van der Waals surface area (Å²) in [4.78, 5) is 29.8. The second-order valence-electron chi connectivity index (χ2n) is 7.76. The maximum Gasteiger partial charge on any atom is 0.307 e. The van der Waals surface area contributed by atoms with Crippen LogP contribution in [0.5, 0.6) is 17.2 Å². The van der Waals surface area contributed by atoms with Crippen molar-refractivity contribution in [2.45, 2.75) is 46.1 Å². The van der Waals surface area contributed by atoms with E-state index in [0.717, 1.165) is 35.2 Å². The first-order valence-electron chi connectivity index (χ1n) is 11.5. The number of hydrogen-bond acceptors (Lipinski definition) is 7. The molecule has 0 atom stereocenters. The fourth-order valence-corrected chi connectivity index (χ4v) is 4.65. The third kappa shape index (κ3) is 5.59. The average Bonchev–Trinajstić information content (AvgIpc) is 3.42. The molecule has 1 aromatic heterocycles. The SMILES string of the molecule is CCCCCOc1ccc(C(=O)N=c2sc3cc4c(cc3n2CCC(=O)OCC)OCO4)cc1. The first-order valence-corrected chi connectivity index (χ1v) is 12.3. The number of rotatable bonds is 10. The Bertz CT molecular complexity index is 1230. The number of benzene rings is 2. The Morgan fingerprint density at radius 1 is 1.09 bits per heavy atom. The molecule has 0 bridgehead atoms. The summed E-state index contributed by atoms with van der Waals surface area (Å²) in [5, 5.41) is 0. The molecule has 180 valence electrons. The minimum absolute atomic E-state index is 0.166. The molecule has 1 amide bonds. The first-order chi connectivity index (χ1) is 16.6. The van der Waals surface area contributed by atoms with Crippen molar-refractivity contribution in [3.8, 4) is 17.2 Å². The van der Waals surface area contributed by atoms with E-state index in [1.165, 1.54) is 11.3 Å². The van der Waals surface area contributed by atoms with E-state index in [4.69, 9.17) is 18.9 Å². The lowest BCUT2D eigenvalue weighted by atomic mass is 10.2. The van der Waals surface area contributed by atoms with E-state index >= 15 is 0 Å². The van der Waals surface area contributed by atoms with Gasteiger partial charge >= 0.3 is 5.97 Å². The molecule has 9 heteroatoms. The standard InChI is InChI=1S/C25H28N2O6S/c1-3-5-6-13-31-18-9-7-17(8-10-18)24(29)26-25-27(12-11-23(28)30-4-2)19-14-20-21(33-16-32-20)15-22(19)34-25/h7-10,14-15H,3-6,11-13,16H2,1-2H3. The molecule has 0 aliphatic carbocycles. The van der Waals surface area contributed by atoms with Gasteiger partial charge in [-0.25, -0.2) is 0 Å². The lowest BCUT2D eigenvalue weighted by molar-refractivity contribution is -0.143. The fraction of sp³-hybridized carbons (Fsp3) is 0.400. The maximum absolute atomic E-state index is 12.9. The highest BCUT2D eigenvalue weighted by Gasteiger charge is 2.19. The monoisotopic (exact) mass is 484 g/mol. The molecule has 0 spiro atoms. The van der Waals surface area contributed by atoms with Crippen molar-refractivity contribution >= 4 is 33.4 Å². The number of amides is 1. The molecule has 0 radical (unpaired) electrons. The number of nitrogens with zero attached hydrogens (tertiary/aromatic N) is 2. The van der Waals surface area contributed by atoms with E-state index in [0.29, 0.717) is 41.6 Å². The third-order valence-corrected chi connectivity index (χ3v) is 6.38. The van der Waals surface area contributed by atoms with E-state index in [2.05, 4.69) is 11.9 Å². The van der Waals surface area contributed by atoms with Crippen molar-refractivity contribution in [3.05, 3.63) is 46.8 Å². The molecule has 2 aromatic carbocycles. The Hall–Kier alpha value is -3.33. The highest BCUT2D eigenvalue weighted by Crippen LogP contribution is 2.37. The summed E-state index contributed by atoms with van der Waals surface area (Å²) >= 11 is 1.36. The van der Waals surface area contributed by atoms with Crippen LogP contribution in [0.3, 0.4) is 0 Å². The zero-order valence-corrected chi connectivity index (χ0v) is 20.2. The summed E-state index contributed by atoms with van der Waals surface area (Å²) in [6.07, 6.45) is 3.43. The van der Waals surface area contributed by atoms with Gasteiger partial charge in [0.25, 0.3) is 5.91 Å². The van der Waals surface area contributed by atoms with E-state index in [-0.39, 0.29) is 25.1 Å². The van der Waals surface area contributed by atoms with Gasteiger partial charge in [-0.05, 0) is 37.6 Å². The number of aromatic nitrogens is 1. The molecule has 0 saturated heterocycles. The zero-order valence-electron chi connectivity index (χ0n) is 19.4. The van der Waals surface area contributed by atoms with Crippen molar-refractivity contribution in [2.75, 3.05) is 20.0 Å². The zero-order chi connectivity index (χ0) is 23.9. The molecule has 8 nitrogen and oxygen atoms in total. The Morgan fingerprint density at radius 2 is 1.85 bits per heavy atom. The summed E-state index contributed by atoms with van der Waals surface area (Å²) in [6.45, 7) is 5.40. The van der Waals surface area contributed by atoms with Crippen LogP contribution in [-0.4, -0.2) is 36.5 Å². The minimum atomic E-state index is -0.367. The number of thiazole rings is 1. The van der Waals surface area contributed by atoms with Crippen LogP contribution in [0.2, 0.25) is 0 Å². The molecular weight excluding hydrogens is 456 g/mol. The van der Waals surface area contributed by atoms with Crippen LogP contribution in [0.4, 0.5) is 0 Å². The van der Waals surface area contributed by atoms with E-state index in [1.807, 2.05) is 16.7 Å². The number of unbranched alkanes of at least 4 members (excludes halogenated alkanes) is 2. The van der Waals surface area contributed by atoms with Crippen molar-refractivity contribution in [3.63, 3.8) is 0 Å². The van der Waals surface area contributed by atoms with Crippen molar-refractivity contribution in [1.82, 2.24) is 4.57 Å². The van der Waals surface area contributed by atoms with E-state index in [9.17, 15) is 9.59 Å². The summed E-state index contributed by atoms with van der Waals surface area (Å²) in [7, 11) is 0. The molecule has 1 aliphatic heterocycles. The summed E-state index contributed by atoms with van der Waals surface area (Å²) in [5.74, 6) is 1.34. The molecule has 4 rings (SSSR count). The van der Waals surface area contributed by atoms with Gasteiger partial charge < -0.3 is 23.5 Å². The Kier molecular flexibility index (Phi) is 7.84. The van der Waals surface area contributed by atoms with Crippen LogP contribution in [0.25, 0.3) is 10.2 Å². The average molecular weight is 485 g/mol.